The fraction of sp³-hybridized carbons (Fsp3) is 0.250. The van der Waals surface area contributed by atoms with Gasteiger partial charge >= 0.3 is 11.8 Å². The average molecular weight is 530 g/mol. The molecule has 0 spiro atoms. The summed E-state index contributed by atoms with van der Waals surface area (Å²) in [6.45, 7) is 2.69. The van der Waals surface area contributed by atoms with Crippen LogP contribution in [-0.2, 0) is 16.2 Å². The Kier molecular flexibility index (Phi) is 9.20. The lowest BCUT2D eigenvalue weighted by Crippen LogP contribution is -2.38. The highest BCUT2D eigenvalue weighted by Gasteiger charge is 2.13. The molecule has 0 aliphatic rings. The number of hydrazone groups is 1. The summed E-state index contributed by atoms with van der Waals surface area (Å²) in [7, 11) is 1.54. The van der Waals surface area contributed by atoms with Gasteiger partial charge in [-0.2, -0.15) is 5.10 Å². The van der Waals surface area contributed by atoms with Crippen molar-refractivity contribution < 1.29 is 19.1 Å². The van der Waals surface area contributed by atoms with Gasteiger partial charge in [0.05, 0.1) is 16.9 Å². The van der Waals surface area contributed by atoms with Crippen LogP contribution in [-0.4, -0.2) is 31.7 Å². The van der Waals surface area contributed by atoms with Gasteiger partial charge in [0, 0.05) is 11.6 Å². The minimum absolute atomic E-state index is 0.361. The number of ether oxygens (including phenoxy) is 2. The van der Waals surface area contributed by atoms with Gasteiger partial charge in [-0.05, 0) is 64.4 Å². The summed E-state index contributed by atoms with van der Waals surface area (Å²) in [6.07, 6.45) is 2.17. The Labute approximate surface area is 187 Å². The monoisotopic (exact) mass is 529 g/mol. The van der Waals surface area contributed by atoms with Crippen molar-refractivity contribution >= 4 is 52.2 Å². The zero-order chi connectivity index (χ0) is 21.2. The molecular weight excluding hydrogens is 509 g/mol. The summed E-state index contributed by atoms with van der Waals surface area (Å²) in [5.41, 5.74) is 3.85. The molecule has 0 atom stereocenters. The standard InChI is InChI=1S/C20H21ClIN3O4/c1-3-8-23-19(26)20(27)25-24-11-14-9-16(22)18(17(10-14)28-2)29-12-13-4-6-15(21)7-5-13/h4-7,9-11H,3,8,12H2,1-2H3,(H,23,26)(H,25,27)/b24-11-. The molecule has 29 heavy (non-hydrogen) atoms. The van der Waals surface area contributed by atoms with Gasteiger partial charge in [-0.15, -0.1) is 0 Å². The van der Waals surface area contributed by atoms with Gasteiger partial charge in [0.2, 0.25) is 0 Å². The van der Waals surface area contributed by atoms with Crippen LogP contribution >= 0.6 is 34.2 Å². The number of nitrogens with zero attached hydrogens (tertiary/aromatic N) is 1. The maximum atomic E-state index is 11.6. The molecular formula is C20H21ClIN3O4. The van der Waals surface area contributed by atoms with Crippen LogP contribution < -0.4 is 20.2 Å². The molecule has 9 heteroatoms. The minimum atomic E-state index is -0.820. The first-order chi connectivity index (χ1) is 13.9. The number of nitrogens with one attached hydrogen (secondary N) is 2. The predicted molar refractivity (Wildman–Crippen MR) is 121 cm³/mol. The van der Waals surface area contributed by atoms with Crippen LogP contribution in [0, 0.1) is 3.57 Å². The van der Waals surface area contributed by atoms with Crippen molar-refractivity contribution in [2.24, 2.45) is 5.10 Å². The molecule has 0 heterocycles. The van der Waals surface area contributed by atoms with Crippen molar-refractivity contribution in [1.82, 2.24) is 10.7 Å². The number of hydrogen-bond acceptors (Lipinski definition) is 5. The number of carbonyl (C=O) groups is 2. The quantitative estimate of drug-likeness (QED) is 0.237. The van der Waals surface area contributed by atoms with Crippen LogP contribution in [0.5, 0.6) is 11.5 Å². The number of benzene rings is 2. The van der Waals surface area contributed by atoms with Crippen molar-refractivity contribution in [2.45, 2.75) is 20.0 Å². The minimum Gasteiger partial charge on any atom is -0.493 e. The highest BCUT2D eigenvalue weighted by Crippen LogP contribution is 2.34. The molecule has 0 fully saturated rings. The Hall–Kier alpha value is -2.33. The van der Waals surface area contributed by atoms with E-state index < -0.39 is 11.8 Å². The number of carbonyl (C=O) groups excluding carboxylic acids is 2. The number of amides is 2. The molecule has 0 unspecified atom stereocenters. The van der Waals surface area contributed by atoms with Gasteiger partial charge in [0.1, 0.15) is 6.61 Å². The molecule has 2 aromatic carbocycles. The molecule has 0 saturated heterocycles. The second kappa shape index (κ2) is 11.6. The molecule has 0 aliphatic heterocycles. The lowest BCUT2D eigenvalue weighted by molar-refractivity contribution is -0.139. The first-order valence-electron chi connectivity index (χ1n) is 8.80. The highest BCUT2D eigenvalue weighted by atomic mass is 127. The third-order valence-electron chi connectivity index (χ3n) is 3.67. The summed E-state index contributed by atoms with van der Waals surface area (Å²) in [6, 6.07) is 10.9. The van der Waals surface area contributed by atoms with Crippen LogP contribution in [0.25, 0.3) is 0 Å². The molecule has 0 saturated carbocycles. The molecule has 0 aromatic heterocycles. The Morgan fingerprint density at radius 1 is 1.21 bits per heavy atom. The second-order valence-corrected chi connectivity index (χ2v) is 7.50. The van der Waals surface area contributed by atoms with Gasteiger partial charge in [-0.3, -0.25) is 9.59 Å². The SMILES string of the molecule is CCCNC(=O)C(=O)N/N=C\c1cc(I)c(OCc2ccc(Cl)cc2)c(OC)c1. The molecule has 154 valence electrons. The zero-order valence-electron chi connectivity index (χ0n) is 16.0. The van der Waals surface area contributed by atoms with Crippen molar-refractivity contribution in [3.8, 4) is 11.5 Å². The van der Waals surface area contributed by atoms with Crippen LogP contribution in [0.15, 0.2) is 41.5 Å². The van der Waals surface area contributed by atoms with Crippen molar-refractivity contribution in [3.63, 3.8) is 0 Å². The molecule has 2 aromatic rings. The Morgan fingerprint density at radius 2 is 1.93 bits per heavy atom. The van der Waals surface area contributed by atoms with E-state index in [1.54, 1.807) is 25.3 Å². The summed E-state index contributed by atoms with van der Waals surface area (Å²) < 4.78 is 12.1. The van der Waals surface area contributed by atoms with E-state index in [1.807, 2.05) is 25.1 Å². The van der Waals surface area contributed by atoms with Crippen LogP contribution in [0.4, 0.5) is 0 Å². The Balaban J connectivity index is 2.04. The third-order valence-corrected chi connectivity index (χ3v) is 4.72. The van der Waals surface area contributed by atoms with E-state index in [9.17, 15) is 9.59 Å². The van der Waals surface area contributed by atoms with E-state index in [4.69, 9.17) is 21.1 Å². The predicted octanol–water partition coefficient (Wildman–Crippen LogP) is 3.51. The first kappa shape index (κ1) is 23.0. The van der Waals surface area contributed by atoms with E-state index in [-0.39, 0.29) is 0 Å². The smallest absolute Gasteiger partial charge is 0.329 e. The molecule has 2 N–H and O–H groups in total. The Bertz CT molecular complexity index is 888. The lowest BCUT2D eigenvalue weighted by Gasteiger charge is -2.13. The number of hydrogen-bond donors (Lipinski definition) is 2. The number of rotatable bonds is 8. The Morgan fingerprint density at radius 3 is 2.59 bits per heavy atom. The molecule has 0 aliphatic carbocycles. The van der Waals surface area contributed by atoms with Crippen molar-refractivity contribution in [3.05, 3.63) is 56.1 Å². The first-order valence-corrected chi connectivity index (χ1v) is 10.3. The molecule has 2 rings (SSSR count). The summed E-state index contributed by atoms with van der Waals surface area (Å²) in [5, 5.41) is 6.96. The zero-order valence-corrected chi connectivity index (χ0v) is 18.9. The summed E-state index contributed by atoms with van der Waals surface area (Å²) in [5.74, 6) is -0.413. The lowest BCUT2D eigenvalue weighted by atomic mass is 10.2. The van der Waals surface area contributed by atoms with Gasteiger partial charge in [-0.25, -0.2) is 5.43 Å². The van der Waals surface area contributed by atoms with Crippen LogP contribution in [0.1, 0.15) is 24.5 Å². The molecule has 2 amide bonds. The van der Waals surface area contributed by atoms with Crippen molar-refractivity contribution in [1.29, 1.82) is 0 Å². The number of halogens is 2. The van der Waals surface area contributed by atoms with Crippen LogP contribution in [0.2, 0.25) is 5.02 Å². The van der Waals surface area contributed by atoms with Gasteiger partial charge in [0.25, 0.3) is 0 Å². The van der Waals surface area contributed by atoms with Gasteiger partial charge < -0.3 is 14.8 Å². The van der Waals surface area contributed by atoms with E-state index in [0.717, 1.165) is 15.6 Å². The average Bonchev–Trinajstić information content (AvgIpc) is 2.71. The van der Waals surface area contributed by atoms with E-state index in [2.05, 4.69) is 38.4 Å². The topological polar surface area (TPSA) is 89.0 Å². The maximum Gasteiger partial charge on any atom is 0.329 e. The summed E-state index contributed by atoms with van der Waals surface area (Å²) in [4.78, 5) is 23.1. The maximum absolute atomic E-state index is 11.6. The van der Waals surface area contributed by atoms with Crippen molar-refractivity contribution in [2.75, 3.05) is 13.7 Å². The van der Waals surface area contributed by atoms with E-state index in [0.29, 0.717) is 35.2 Å². The molecule has 0 radical (unpaired) electrons. The fourth-order valence-electron chi connectivity index (χ4n) is 2.23. The third kappa shape index (κ3) is 7.21. The molecule has 7 nitrogen and oxygen atoms in total. The summed E-state index contributed by atoms with van der Waals surface area (Å²) >= 11 is 8.03. The molecule has 0 bridgehead atoms. The number of methoxy groups -OCH3 is 1. The second-order valence-electron chi connectivity index (χ2n) is 5.90. The van der Waals surface area contributed by atoms with Gasteiger partial charge in [-0.1, -0.05) is 30.7 Å². The largest absolute Gasteiger partial charge is 0.493 e. The van der Waals surface area contributed by atoms with E-state index >= 15 is 0 Å². The van der Waals surface area contributed by atoms with Crippen LogP contribution in [0.3, 0.4) is 0 Å². The van der Waals surface area contributed by atoms with E-state index in [1.165, 1.54) is 6.21 Å². The normalized spacial score (nSPS) is 10.6. The fourth-order valence-corrected chi connectivity index (χ4v) is 3.13. The highest BCUT2D eigenvalue weighted by molar-refractivity contribution is 14.1. The van der Waals surface area contributed by atoms with Gasteiger partial charge in [0.15, 0.2) is 11.5 Å².